The zero-order valence-electron chi connectivity index (χ0n) is 21.9. The van der Waals surface area contributed by atoms with E-state index >= 15 is 0 Å². The third kappa shape index (κ3) is 6.12. The van der Waals surface area contributed by atoms with Crippen LogP contribution in [-0.4, -0.2) is 39.1 Å². The van der Waals surface area contributed by atoms with E-state index < -0.39 is 18.6 Å². The molecule has 1 heterocycles. The van der Waals surface area contributed by atoms with Crippen LogP contribution in [0.3, 0.4) is 0 Å². The molecule has 40 heavy (non-hydrogen) atoms. The van der Waals surface area contributed by atoms with Gasteiger partial charge in [0.15, 0.2) is 0 Å². The number of carbonyl (C=O) groups is 1. The molecule has 0 aliphatic rings. The highest BCUT2D eigenvalue weighted by atomic mass is 16.6. The molecular weight excluding hydrogens is 510 g/mol. The second-order valence-electron chi connectivity index (χ2n) is 9.31. The number of carboxylic acid groups (broad SMARTS) is 1. The molecule has 0 spiro atoms. The van der Waals surface area contributed by atoms with Crippen molar-refractivity contribution in [3.05, 3.63) is 107 Å². The van der Waals surface area contributed by atoms with Gasteiger partial charge in [-0.2, -0.15) is 0 Å². The zero-order chi connectivity index (χ0) is 27.9. The van der Waals surface area contributed by atoms with E-state index in [0.717, 1.165) is 27.8 Å². The molecule has 9 nitrogen and oxygen atoms in total. The van der Waals surface area contributed by atoms with Crippen LogP contribution in [0.1, 0.15) is 22.3 Å². The number of hydrogen-bond donors (Lipinski definition) is 3. The van der Waals surface area contributed by atoms with Gasteiger partial charge in [-0.3, -0.25) is 10.1 Å². The topological polar surface area (TPSA) is 127 Å². The Hall–Kier alpha value is -4.73. The molecule has 0 saturated carbocycles. The number of rotatable bonds is 12. The van der Waals surface area contributed by atoms with Crippen LogP contribution in [0, 0.1) is 6.92 Å². The Morgan fingerprint density at radius 1 is 0.900 bits per heavy atom. The van der Waals surface area contributed by atoms with Gasteiger partial charge in [-0.1, -0.05) is 66.7 Å². The summed E-state index contributed by atoms with van der Waals surface area (Å²) < 4.78 is 17.2. The minimum absolute atomic E-state index is 0.168. The van der Waals surface area contributed by atoms with Gasteiger partial charge in [0.05, 0.1) is 6.61 Å². The molecule has 4 aromatic carbocycles. The molecule has 1 unspecified atom stereocenters. The van der Waals surface area contributed by atoms with E-state index in [1.54, 1.807) is 12.1 Å². The Labute approximate surface area is 231 Å². The summed E-state index contributed by atoms with van der Waals surface area (Å²) in [6.07, 6.45) is 0. The van der Waals surface area contributed by atoms with Crippen LogP contribution in [0.25, 0.3) is 22.2 Å². The number of aliphatic carboxylic acids is 1. The van der Waals surface area contributed by atoms with Gasteiger partial charge >= 0.3 is 5.97 Å². The average molecular weight is 540 g/mol. The first-order valence-electron chi connectivity index (χ1n) is 12.8. The van der Waals surface area contributed by atoms with Crippen molar-refractivity contribution in [3.8, 4) is 22.6 Å². The van der Waals surface area contributed by atoms with Crippen LogP contribution in [0.2, 0.25) is 0 Å². The number of ether oxygens (including phenoxy) is 2. The lowest BCUT2D eigenvalue weighted by atomic mass is 9.97. The molecule has 3 N–H and O–H groups in total. The first kappa shape index (κ1) is 26.9. The van der Waals surface area contributed by atoms with Crippen molar-refractivity contribution in [2.75, 3.05) is 6.61 Å². The number of benzene rings is 4. The predicted octanol–water partition coefficient (Wildman–Crippen LogP) is 4.89. The van der Waals surface area contributed by atoms with E-state index in [2.05, 4.69) is 40.8 Å². The monoisotopic (exact) mass is 539 g/mol. The van der Waals surface area contributed by atoms with Gasteiger partial charge < -0.3 is 19.7 Å². The van der Waals surface area contributed by atoms with Crippen LogP contribution in [-0.2, 0) is 24.6 Å². The maximum absolute atomic E-state index is 11.4. The molecule has 1 atom stereocenters. The maximum Gasteiger partial charge on any atom is 0.323 e. The van der Waals surface area contributed by atoms with Crippen molar-refractivity contribution in [2.45, 2.75) is 32.7 Å². The zero-order valence-corrected chi connectivity index (χ0v) is 21.9. The highest BCUT2D eigenvalue weighted by Crippen LogP contribution is 2.29. The van der Waals surface area contributed by atoms with Crippen molar-refractivity contribution in [1.29, 1.82) is 0 Å². The van der Waals surface area contributed by atoms with Gasteiger partial charge in [0.2, 0.25) is 0 Å². The minimum atomic E-state index is -1.14. The Morgan fingerprint density at radius 3 is 2.48 bits per heavy atom. The molecule has 9 heteroatoms. The normalized spacial score (nSPS) is 11.8. The number of hydrogen-bond acceptors (Lipinski definition) is 8. The summed E-state index contributed by atoms with van der Waals surface area (Å²) in [4.78, 5) is 11.4. The molecule has 0 fully saturated rings. The first-order chi connectivity index (χ1) is 19.5. The van der Waals surface area contributed by atoms with Crippen LogP contribution in [0.5, 0.6) is 11.5 Å². The van der Waals surface area contributed by atoms with Crippen molar-refractivity contribution in [1.82, 2.24) is 15.6 Å². The number of aliphatic hydroxyl groups excluding tert-OH is 1. The van der Waals surface area contributed by atoms with E-state index in [1.165, 1.54) is 0 Å². The van der Waals surface area contributed by atoms with Crippen molar-refractivity contribution in [2.24, 2.45) is 0 Å². The van der Waals surface area contributed by atoms with Gasteiger partial charge in [-0.25, -0.2) is 4.63 Å². The predicted molar refractivity (Wildman–Crippen MR) is 149 cm³/mol. The molecule has 5 aromatic rings. The van der Waals surface area contributed by atoms with Gasteiger partial charge in [-0.15, -0.1) is 0 Å². The Bertz CT molecular complexity index is 1600. The molecule has 1 aromatic heterocycles. The summed E-state index contributed by atoms with van der Waals surface area (Å²) in [7, 11) is 0. The number of nitrogens with zero attached hydrogens (tertiary/aromatic N) is 2. The van der Waals surface area contributed by atoms with Crippen LogP contribution in [0.15, 0.2) is 89.6 Å². The van der Waals surface area contributed by atoms with E-state index in [1.807, 2.05) is 54.6 Å². The quantitative estimate of drug-likeness (QED) is 0.203. The molecule has 0 aliphatic heterocycles. The summed E-state index contributed by atoms with van der Waals surface area (Å²) in [5, 5.41) is 29.4. The molecule has 5 rings (SSSR count). The number of carboxylic acids is 1. The number of aromatic nitrogens is 2. The van der Waals surface area contributed by atoms with Crippen molar-refractivity contribution >= 4 is 17.0 Å². The smallest absolute Gasteiger partial charge is 0.323 e. The fourth-order valence-corrected chi connectivity index (χ4v) is 4.43. The summed E-state index contributed by atoms with van der Waals surface area (Å²) in [6.45, 7) is 2.27. The van der Waals surface area contributed by atoms with Gasteiger partial charge in [0, 0.05) is 23.7 Å². The number of nitrogens with one attached hydrogen (secondary N) is 1. The fraction of sp³-hybridized carbons (Fsp3) is 0.194. The van der Waals surface area contributed by atoms with Crippen LogP contribution < -0.4 is 14.8 Å². The maximum atomic E-state index is 11.4. The van der Waals surface area contributed by atoms with Crippen LogP contribution in [0.4, 0.5) is 0 Å². The third-order valence-corrected chi connectivity index (χ3v) is 6.74. The highest BCUT2D eigenvalue weighted by molar-refractivity contribution is 5.76. The van der Waals surface area contributed by atoms with E-state index in [-0.39, 0.29) is 13.2 Å². The standard InChI is InChI=1S/C31H29N3O6/c1-20-23(9-5-11-26(20)21-7-3-2-4-8-21)18-38-25-14-13-22(16-32-28(17-35)31(36)37)29(15-25)39-19-24-10-6-12-27-30(24)34-40-33-27/h2-15,28,32,35H,16-19H2,1H3,(H,36,37). The molecule has 0 saturated heterocycles. The molecular formula is C31H29N3O6. The lowest BCUT2D eigenvalue weighted by Gasteiger charge is -2.17. The lowest BCUT2D eigenvalue weighted by Crippen LogP contribution is -2.39. The molecule has 0 bridgehead atoms. The van der Waals surface area contributed by atoms with E-state index in [9.17, 15) is 15.0 Å². The summed E-state index contributed by atoms with van der Waals surface area (Å²) in [6, 6.07) is 26.2. The van der Waals surface area contributed by atoms with Gasteiger partial charge in [0.25, 0.3) is 0 Å². The number of aliphatic hydroxyl groups is 1. The largest absolute Gasteiger partial charge is 0.489 e. The fourth-order valence-electron chi connectivity index (χ4n) is 4.43. The third-order valence-electron chi connectivity index (χ3n) is 6.74. The van der Waals surface area contributed by atoms with Crippen LogP contribution >= 0.6 is 0 Å². The van der Waals surface area contributed by atoms with Crippen molar-refractivity contribution in [3.63, 3.8) is 0 Å². The Morgan fingerprint density at radius 2 is 1.68 bits per heavy atom. The average Bonchev–Trinajstić information content (AvgIpc) is 3.46. The SMILES string of the molecule is Cc1c(COc2ccc(CNC(CO)C(=O)O)c(OCc3cccc4nonc34)c2)cccc1-c1ccccc1. The van der Waals surface area contributed by atoms with Gasteiger partial charge in [0.1, 0.15) is 41.8 Å². The molecule has 0 amide bonds. The molecule has 0 radical (unpaired) electrons. The first-order valence-corrected chi connectivity index (χ1v) is 12.8. The summed E-state index contributed by atoms with van der Waals surface area (Å²) >= 11 is 0. The summed E-state index contributed by atoms with van der Waals surface area (Å²) in [5.41, 5.74) is 7.23. The highest BCUT2D eigenvalue weighted by Gasteiger charge is 2.17. The second kappa shape index (κ2) is 12.4. The Kier molecular flexibility index (Phi) is 8.34. The van der Waals surface area contributed by atoms with E-state index in [4.69, 9.17) is 14.1 Å². The summed E-state index contributed by atoms with van der Waals surface area (Å²) in [5.74, 6) is -0.0277. The number of fused-ring (bicyclic) bond motifs is 1. The minimum Gasteiger partial charge on any atom is -0.489 e. The van der Waals surface area contributed by atoms with E-state index in [0.29, 0.717) is 34.7 Å². The Balaban J connectivity index is 1.36. The molecule has 0 aliphatic carbocycles. The van der Waals surface area contributed by atoms with Crippen molar-refractivity contribution < 1.29 is 29.1 Å². The second-order valence-corrected chi connectivity index (χ2v) is 9.31. The molecule has 204 valence electrons. The lowest BCUT2D eigenvalue weighted by molar-refractivity contribution is -0.140. The van der Waals surface area contributed by atoms with Gasteiger partial charge in [-0.05, 0) is 51.6 Å².